The van der Waals surface area contributed by atoms with Crippen LogP contribution in [-0.2, 0) is 10.0 Å². The van der Waals surface area contributed by atoms with E-state index in [9.17, 15) is 8.42 Å². The van der Waals surface area contributed by atoms with Gasteiger partial charge in [-0.1, -0.05) is 35.8 Å². The lowest BCUT2D eigenvalue weighted by atomic mass is 10.3. The Labute approximate surface area is 140 Å². The molecule has 0 spiro atoms. The summed E-state index contributed by atoms with van der Waals surface area (Å²) in [6.07, 6.45) is 0. The maximum atomic E-state index is 12.5. The number of anilines is 2. The summed E-state index contributed by atoms with van der Waals surface area (Å²) in [5.41, 5.74) is 1.49. The van der Waals surface area contributed by atoms with Gasteiger partial charge in [-0.15, -0.1) is 0 Å². The molecule has 0 atom stereocenters. The van der Waals surface area contributed by atoms with E-state index in [1.807, 2.05) is 38.1 Å². The van der Waals surface area contributed by atoms with Crippen LogP contribution in [0.3, 0.4) is 0 Å². The lowest BCUT2D eigenvalue weighted by Gasteiger charge is -2.19. The van der Waals surface area contributed by atoms with E-state index in [-0.39, 0.29) is 4.90 Å². The summed E-state index contributed by atoms with van der Waals surface area (Å²) in [5, 5.41) is 3.16. The summed E-state index contributed by atoms with van der Waals surface area (Å²) in [6.45, 7) is 4.56. The molecule has 0 fully saturated rings. The van der Waals surface area contributed by atoms with E-state index in [0.29, 0.717) is 18.8 Å². The fourth-order valence-corrected chi connectivity index (χ4v) is 3.83. The van der Waals surface area contributed by atoms with Gasteiger partial charge in [0, 0.05) is 35.0 Å². The molecule has 0 amide bonds. The van der Waals surface area contributed by atoms with Gasteiger partial charge in [-0.2, -0.15) is 4.31 Å². The van der Waals surface area contributed by atoms with Crippen molar-refractivity contribution in [1.29, 1.82) is 0 Å². The summed E-state index contributed by atoms with van der Waals surface area (Å²) in [4.78, 5) is 0.273. The first-order valence-corrected chi connectivity index (χ1v) is 9.25. The average Bonchev–Trinajstić information content (AvgIpc) is 2.51. The SMILES string of the molecule is CCN(CC)S(=O)(=O)c1cc[c]c(Nc2ccc(Br)cc2)c1. The monoisotopic (exact) mass is 381 g/mol. The number of rotatable bonds is 6. The molecule has 1 N–H and O–H groups in total. The highest BCUT2D eigenvalue weighted by molar-refractivity contribution is 9.10. The van der Waals surface area contributed by atoms with Crippen molar-refractivity contribution >= 4 is 37.3 Å². The molecule has 22 heavy (non-hydrogen) atoms. The first kappa shape index (κ1) is 17.0. The highest BCUT2D eigenvalue weighted by atomic mass is 79.9. The standard InChI is InChI=1S/C16H18BrN2O2S/c1-3-19(4-2)22(20,21)16-7-5-6-15(12-16)18-14-10-8-13(17)9-11-14/h5,7-12,18H,3-4H2,1-2H3. The third-order valence-corrected chi connectivity index (χ3v) is 5.81. The third-order valence-electron chi connectivity index (χ3n) is 3.24. The summed E-state index contributed by atoms with van der Waals surface area (Å²) in [6, 6.07) is 15.5. The van der Waals surface area contributed by atoms with E-state index in [1.165, 1.54) is 4.31 Å². The second kappa shape index (κ2) is 7.26. The summed E-state index contributed by atoms with van der Waals surface area (Å²) in [7, 11) is -3.46. The topological polar surface area (TPSA) is 49.4 Å². The second-order valence-corrected chi connectivity index (χ2v) is 7.51. The molecule has 0 aromatic heterocycles. The molecule has 0 aliphatic heterocycles. The summed E-state index contributed by atoms with van der Waals surface area (Å²) in [5.74, 6) is 0. The van der Waals surface area contributed by atoms with Gasteiger partial charge in [-0.05, 0) is 36.4 Å². The van der Waals surface area contributed by atoms with Crippen molar-refractivity contribution in [1.82, 2.24) is 4.31 Å². The zero-order valence-electron chi connectivity index (χ0n) is 12.5. The number of sulfonamides is 1. The molecule has 117 valence electrons. The lowest BCUT2D eigenvalue weighted by molar-refractivity contribution is 0.445. The van der Waals surface area contributed by atoms with Crippen molar-refractivity contribution in [3.63, 3.8) is 0 Å². The van der Waals surface area contributed by atoms with Gasteiger partial charge < -0.3 is 5.32 Å². The Balaban J connectivity index is 2.28. The molecule has 0 aliphatic carbocycles. The molecule has 0 bridgehead atoms. The van der Waals surface area contributed by atoms with Crippen molar-refractivity contribution in [3.8, 4) is 0 Å². The predicted molar refractivity (Wildman–Crippen MR) is 92.8 cm³/mol. The Kier molecular flexibility index (Phi) is 5.61. The minimum Gasteiger partial charge on any atom is -0.355 e. The van der Waals surface area contributed by atoms with Crippen molar-refractivity contribution in [2.45, 2.75) is 18.7 Å². The summed E-state index contributed by atoms with van der Waals surface area (Å²) >= 11 is 3.38. The molecule has 2 aromatic rings. The maximum absolute atomic E-state index is 12.5. The lowest BCUT2D eigenvalue weighted by Crippen LogP contribution is -2.30. The molecular formula is C16H18BrN2O2S. The number of nitrogens with one attached hydrogen (secondary N) is 1. The van der Waals surface area contributed by atoms with Crippen LogP contribution in [0.4, 0.5) is 11.4 Å². The fourth-order valence-electron chi connectivity index (χ4n) is 2.08. The van der Waals surface area contributed by atoms with Gasteiger partial charge in [0.2, 0.25) is 10.0 Å². The Bertz CT molecular complexity index is 726. The normalized spacial score (nSPS) is 11.6. The number of halogens is 1. The van der Waals surface area contributed by atoms with Crippen LogP contribution in [0, 0.1) is 6.07 Å². The Morgan fingerprint density at radius 1 is 1.14 bits per heavy atom. The molecule has 0 saturated carbocycles. The Morgan fingerprint density at radius 2 is 1.77 bits per heavy atom. The summed E-state index contributed by atoms with van der Waals surface area (Å²) < 4.78 is 27.5. The van der Waals surface area contributed by atoms with Gasteiger partial charge in [0.1, 0.15) is 0 Å². The van der Waals surface area contributed by atoms with Crippen LogP contribution in [0.25, 0.3) is 0 Å². The number of hydrogen-bond acceptors (Lipinski definition) is 3. The van der Waals surface area contributed by atoms with Crippen molar-refractivity contribution < 1.29 is 8.42 Å². The van der Waals surface area contributed by atoms with Crippen LogP contribution in [-0.4, -0.2) is 25.8 Å². The number of nitrogens with zero attached hydrogens (tertiary/aromatic N) is 1. The maximum Gasteiger partial charge on any atom is 0.243 e. The van der Waals surface area contributed by atoms with Crippen LogP contribution in [0.5, 0.6) is 0 Å². The van der Waals surface area contributed by atoms with Gasteiger partial charge in [-0.25, -0.2) is 8.42 Å². The van der Waals surface area contributed by atoms with Gasteiger partial charge in [0.25, 0.3) is 0 Å². The zero-order chi connectivity index (χ0) is 16.2. The van der Waals surface area contributed by atoms with Gasteiger partial charge in [0.05, 0.1) is 4.90 Å². The molecule has 0 saturated heterocycles. The molecule has 0 aliphatic rings. The number of benzene rings is 2. The van der Waals surface area contributed by atoms with E-state index < -0.39 is 10.0 Å². The Morgan fingerprint density at radius 3 is 2.36 bits per heavy atom. The molecule has 1 radical (unpaired) electrons. The first-order valence-electron chi connectivity index (χ1n) is 7.02. The van der Waals surface area contributed by atoms with Crippen molar-refractivity contribution in [2.75, 3.05) is 18.4 Å². The van der Waals surface area contributed by atoms with Gasteiger partial charge in [-0.3, -0.25) is 0 Å². The minimum atomic E-state index is -3.46. The number of hydrogen-bond donors (Lipinski definition) is 1. The predicted octanol–water partition coefficient (Wildman–Crippen LogP) is 4.02. The molecule has 0 heterocycles. The highest BCUT2D eigenvalue weighted by Gasteiger charge is 2.21. The average molecular weight is 382 g/mol. The smallest absolute Gasteiger partial charge is 0.243 e. The van der Waals surface area contributed by atoms with Crippen LogP contribution in [0.1, 0.15) is 13.8 Å². The van der Waals surface area contributed by atoms with E-state index in [2.05, 4.69) is 27.3 Å². The molecule has 0 unspecified atom stereocenters. The van der Waals surface area contributed by atoms with Gasteiger partial charge >= 0.3 is 0 Å². The largest absolute Gasteiger partial charge is 0.355 e. The molecular weight excluding hydrogens is 364 g/mol. The first-order chi connectivity index (χ1) is 10.5. The van der Waals surface area contributed by atoms with Crippen LogP contribution < -0.4 is 5.32 Å². The van der Waals surface area contributed by atoms with E-state index >= 15 is 0 Å². The molecule has 4 nitrogen and oxygen atoms in total. The van der Waals surface area contributed by atoms with E-state index in [4.69, 9.17) is 0 Å². The van der Waals surface area contributed by atoms with Crippen LogP contribution in [0.2, 0.25) is 0 Å². The second-order valence-electron chi connectivity index (χ2n) is 4.66. The molecule has 2 aromatic carbocycles. The minimum absolute atomic E-state index is 0.273. The van der Waals surface area contributed by atoms with Gasteiger partial charge in [0.15, 0.2) is 0 Å². The zero-order valence-corrected chi connectivity index (χ0v) is 14.9. The van der Waals surface area contributed by atoms with Crippen molar-refractivity contribution in [2.24, 2.45) is 0 Å². The molecule has 2 rings (SSSR count). The Hall–Kier alpha value is -1.37. The molecule has 6 heteroatoms. The van der Waals surface area contributed by atoms with E-state index in [1.54, 1.807) is 18.2 Å². The highest BCUT2D eigenvalue weighted by Crippen LogP contribution is 2.23. The van der Waals surface area contributed by atoms with Crippen LogP contribution >= 0.6 is 15.9 Å². The van der Waals surface area contributed by atoms with Crippen LogP contribution in [0.15, 0.2) is 51.8 Å². The fraction of sp³-hybridized carbons (Fsp3) is 0.250. The van der Waals surface area contributed by atoms with Crippen molar-refractivity contribution in [3.05, 3.63) is 53.0 Å². The quantitative estimate of drug-likeness (QED) is 0.821. The van der Waals surface area contributed by atoms with E-state index in [0.717, 1.165) is 10.2 Å². The third kappa shape index (κ3) is 3.88.